The van der Waals surface area contributed by atoms with Gasteiger partial charge in [0.05, 0.1) is 16.3 Å². The van der Waals surface area contributed by atoms with Crippen LogP contribution in [-0.2, 0) is 0 Å². The van der Waals surface area contributed by atoms with E-state index in [2.05, 4.69) is 30.2 Å². The highest BCUT2D eigenvalue weighted by atomic mass is 32.1. The fourth-order valence-electron chi connectivity index (χ4n) is 2.62. The Hall–Kier alpha value is -2.40. The zero-order valence-corrected chi connectivity index (χ0v) is 15.7. The minimum atomic E-state index is -0.166. The lowest BCUT2D eigenvalue weighted by Crippen LogP contribution is -2.12. The molecule has 3 rings (SSSR count). The number of aromatic nitrogens is 1. The van der Waals surface area contributed by atoms with Gasteiger partial charge in [-0.05, 0) is 55.7 Å². The van der Waals surface area contributed by atoms with E-state index in [4.69, 9.17) is 4.74 Å². The quantitative estimate of drug-likeness (QED) is 0.662. The van der Waals surface area contributed by atoms with Gasteiger partial charge >= 0.3 is 0 Å². The second kappa shape index (κ2) is 7.23. The van der Waals surface area contributed by atoms with Crippen molar-refractivity contribution >= 4 is 32.6 Å². The van der Waals surface area contributed by atoms with Crippen molar-refractivity contribution < 1.29 is 9.53 Å². The molecule has 0 aliphatic carbocycles. The SMILES string of the molecule is CC(C)Oc1ccc(C(=O)Nc2nc3c(C(C)C)cccc3s2)cc1. The number of nitrogens with one attached hydrogen (secondary N) is 1. The van der Waals surface area contributed by atoms with Crippen molar-refractivity contribution in [3.63, 3.8) is 0 Å². The number of para-hydroxylation sites is 1. The van der Waals surface area contributed by atoms with Crippen LogP contribution in [0.3, 0.4) is 0 Å². The number of amides is 1. The molecular weight excluding hydrogens is 332 g/mol. The number of rotatable bonds is 5. The van der Waals surface area contributed by atoms with Crippen molar-refractivity contribution in [3.05, 3.63) is 53.6 Å². The molecule has 2 aromatic carbocycles. The first-order valence-corrected chi connectivity index (χ1v) is 9.23. The average molecular weight is 354 g/mol. The van der Waals surface area contributed by atoms with E-state index in [1.807, 2.05) is 38.1 Å². The fourth-order valence-corrected chi connectivity index (χ4v) is 3.51. The molecule has 1 amide bonds. The Morgan fingerprint density at radius 2 is 1.80 bits per heavy atom. The molecule has 3 aromatic rings. The lowest BCUT2D eigenvalue weighted by Gasteiger charge is -2.09. The molecule has 0 saturated carbocycles. The van der Waals surface area contributed by atoms with E-state index < -0.39 is 0 Å². The lowest BCUT2D eigenvalue weighted by molar-refractivity contribution is 0.102. The Balaban J connectivity index is 1.79. The summed E-state index contributed by atoms with van der Waals surface area (Å²) in [6.45, 7) is 8.23. The maximum absolute atomic E-state index is 12.5. The predicted octanol–water partition coefficient (Wildman–Crippen LogP) is 5.46. The first-order valence-electron chi connectivity index (χ1n) is 8.41. The number of nitrogens with zero attached hydrogens (tertiary/aromatic N) is 1. The molecule has 1 aromatic heterocycles. The summed E-state index contributed by atoms with van der Waals surface area (Å²) < 4.78 is 6.69. The molecule has 0 spiro atoms. The van der Waals surface area contributed by atoms with Crippen molar-refractivity contribution in [1.82, 2.24) is 4.98 Å². The van der Waals surface area contributed by atoms with E-state index >= 15 is 0 Å². The van der Waals surface area contributed by atoms with Gasteiger partial charge in [0.15, 0.2) is 5.13 Å². The molecule has 1 heterocycles. The van der Waals surface area contributed by atoms with Crippen LogP contribution >= 0.6 is 11.3 Å². The normalized spacial score (nSPS) is 11.3. The third-order valence-electron chi connectivity index (χ3n) is 3.78. The number of anilines is 1. The molecule has 0 aliphatic heterocycles. The molecule has 0 aliphatic rings. The van der Waals surface area contributed by atoms with Gasteiger partial charge in [-0.15, -0.1) is 0 Å². The molecule has 4 nitrogen and oxygen atoms in total. The third-order valence-corrected chi connectivity index (χ3v) is 4.72. The summed E-state index contributed by atoms with van der Waals surface area (Å²) in [6.07, 6.45) is 0.109. The van der Waals surface area contributed by atoms with Gasteiger partial charge in [0.1, 0.15) is 5.75 Å². The highest BCUT2D eigenvalue weighted by molar-refractivity contribution is 7.22. The van der Waals surface area contributed by atoms with Gasteiger partial charge in [-0.25, -0.2) is 4.98 Å². The summed E-state index contributed by atoms with van der Waals surface area (Å²) in [5.41, 5.74) is 2.75. The van der Waals surface area contributed by atoms with Gasteiger partial charge in [0.25, 0.3) is 5.91 Å². The number of fused-ring (bicyclic) bond motifs is 1. The van der Waals surface area contributed by atoms with Crippen molar-refractivity contribution in [2.24, 2.45) is 0 Å². The number of carbonyl (C=O) groups is 1. The van der Waals surface area contributed by atoms with E-state index in [-0.39, 0.29) is 12.0 Å². The van der Waals surface area contributed by atoms with Gasteiger partial charge in [-0.2, -0.15) is 0 Å². The molecule has 25 heavy (non-hydrogen) atoms. The van der Waals surface area contributed by atoms with Gasteiger partial charge < -0.3 is 4.74 Å². The summed E-state index contributed by atoms with van der Waals surface area (Å²) in [5.74, 6) is 0.984. The lowest BCUT2D eigenvalue weighted by atomic mass is 10.0. The monoisotopic (exact) mass is 354 g/mol. The zero-order valence-electron chi connectivity index (χ0n) is 14.9. The number of benzene rings is 2. The third kappa shape index (κ3) is 3.99. The molecule has 0 atom stereocenters. The predicted molar refractivity (Wildman–Crippen MR) is 104 cm³/mol. The second-order valence-corrected chi connectivity index (χ2v) is 7.54. The van der Waals surface area contributed by atoms with E-state index in [1.165, 1.54) is 16.9 Å². The van der Waals surface area contributed by atoms with Gasteiger partial charge in [0, 0.05) is 5.56 Å². The summed E-state index contributed by atoms with van der Waals surface area (Å²) in [5, 5.41) is 3.52. The van der Waals surface area contributed by atoms with Gasteiger partial charge in [-0.3, -0.25) is 10.1 Å². The maximum Gasteiger partial charge on any atom is 0.257 e. The standard InChI is InChI=1S/C20H22N2O2S/c1-12(2)16-6-5-7-17-18(16)21-20(25-17)22-19(23)14-8-10-15(11-9-14)24-13(3)4/h5-13H,1-4H3,(H,21,22,23). The van der Waals surface area contributed by atoms with Crippen LogP contribution in [-0.4, -0.2) is 17.0 Å². The Kier molecular flexibility index (Phi) is 5.04. The molecular formula is C20H22N2O2S. The summed E-state index contributed by atoms with van der Waals surface area (Å²) >= 11 is 1.50. The highest BCUT2D eigenvalue weighted by Gasteiger charge is 2.13. The minimum Gasteiger partial charge on any atom is -0.491 e. The van der Waals surface area contributed by atoms with Crippen molar-refractivity contribution in [3.8, 4) is 5.75 Å². The first kappa shape index (κ1) is 17.4. The fraction of sp³-hybridized carbons (Fsp3) is 0.300. The highest BCUT2D eigenvalue weighted by Crippen LogP contribution is 2.31. The topological polar surface area (TPSA) is 51.2 Å². The summed E-state index contributed by atoms with van der Waals surface area (Å²) in [6, 6.07) is 13.3. The Labute approximate surface area is 151 Å². The molecule has 130 valence electrons. The second-order valence-electron chi connectivity index (χ2n) is 6.51. The molecule has 0 fully saturated rings. The zero-order chi connectivity index (χ0) is 18.0. The molecule has 0 bridgehead atoms. The van der Waals surface area contributed by atoms with Crippen LogP contribution in [0.2, 0.25) is 0 Å². The van der Waals surface area contributed by atoms with Crippen LogP contribution in [0.1, 0.15) is 49.5 Å². The van der Waals surface area contributed by atoms with E-state index in [0.29, 0.717) is 16.6 Å². The number of carbonyl (C=O) groups excluding carboxylic acids is 1. The summed E-state index contributed by atoms with van der Waals surface area (Å²) in [7, 11) is 0. The molecule has 0 saturated heterocycles. The van der Waals surface area contributed by atoms with Crippen molar-refractivity contribution in [1.29, 1.82) is 0 Å². The van der Waals surface area contributed by atoms with Crippen LogP contribution in [0.15, 0.2) is 42.5 Å². The number of ether oxygens (including phenoxy) is 1. The molecule has 1 N–H and O–H groups in total. The smallest absolute Gasteiger partial charge is 0.257 e. The van der Waals surface area contributed by atoms with Crippen LogP contribution in [0.4, 0.5) is 5.13 Å². The number of hydrogen-bond donors (Lipinski definition) is 1. The molecule has 0 radical (unpaired) electrons. The number of hydrogen-bond acceptors (Lipinski definition) is 4. The largest absolute Gasteiger partial charge is 0.491 e. The summed E-state index contributed by atoms with van der Waals surface area (Å²) in [4.78, 5) is 17.1. The molecule has 0 unspecified atom stereocenters. The van der Waals surface area contributed by atoms with Crippen LogP contribution < -0.4 is 10.1 Å². The Morgan fingerprint density at radius 3 is 2.44 bits per heavy atom. The Morgan fingerprint density at radius 1 is 1.08 bits per heavy atom. The van der Waals surface area contributed by atoms with Crippen LogP contribution in [0, 0.1) is 0 Å². The van der Waals surface area contributed by atoms with Crippen molar-refractivity contribution in [2.75, 3.05) is 5.32 Å². The van der Waals surface area contributed by atoms with E-state index in [1.54, 1.807) is 12.1 Å². The first-order chi connectivity index (χ1) is 11.9. The van der Waals surface area contributed by atoms with E-state index in [0.717, 1.165) is 16.0 Å². The van der Waals surface area contributed by atoms with E-state index in [9.17, 15) is 4.79 Å². The molecule has 5 heteroatoms. The number of thiazole rings is 1. The average Bonchev–Trinajstić information content (AvgIpc) is 2.96. The van der Waals surface area contributed by atoms with Crippen LogP contribution in [0.25, 0.3) is 10.2 Å². The van der Waals surface area contributed by atoms with Gasteiger partial charge in [-0.1, -0.05) is 37.3 Å². The van der Waals surface area contributed by atoms with Crippen molar-refractivity contribution in [2.45, 2.75) is 39.7 Å². The van der Waals surface area contributed by atoms with Crippen LogP contribution in [0.5, 0.6) is 5.75 Å². The Bertz CT molecular complexity index is 882. The maximum atomic E-state index is 12.5. The van der Waals surface area contributed by atoms with Gasteiger partial charge in [0.2, 0.25) is 0 Å². The minimum absolute atomic E-state index is 0.109.